The summed E-state index contributed by atoms with van der Waals surface area (Å²) in [5.74, 6) is -1.25. The molecule has 1 aromatic rings. The Kier molecular flexibility index (Phi) is 5.47. The van der Waals surface area contributed by atoms with E-state index in [9.17, 15) is 19.7 Å². The van der Waals surface area contributed by atoms with Gasteiger partial charge in [0.05, 0.1) is 17.1 Å². The lowest BCUT2D eigenvalue weighted by molar-refractivity contribution is -0.384. The average Bonchev–Trinajstić information content (AvgIpc) is 3.34. The van der Waals surface area contributed by atoms with Crippen LogP contribution < -0.4 is 10.6 Å². The molecule has 1 saturated carbocycles. The first-order chi connectivity index (χ1) is 11.0. The summed E-state index contributed by atoms with van der Waals surface area (Å²) in [6.45, 7) is -0.451. The molecule has 1 aromatic carbocycles. The number of anilines is 1. The maximum Gasteiger partial charge on any atom is 0.341 e. The molecular weight excluding hydrogens is 306 g/mol. The van der Waals surface area contributed by atoms with Gasteiger partial charge in [0.1, 0.15) is 0 Å². The first kappa shape index (κ1) is 16.7. The van der Waals surface area contributed by atoms with Crippen molar-refractivity contribution in [3.63, 3.8) is 0 Å². The van der Waals surface area contributed by atoms with E-state index in [1.807, 2.05) is 0 Å². The number of nitrogens with one attached hydrogen (secondary N) is 2. The van der Waals surface area contributed by atoms with Crippen LogP contribution >= 0.6 is 0 Å². The van der Waals surface area contributed by atoms with Gasteiger partial charge in [0.2, 0.25) is 0 Å². The molecule has 0 radical (unpaired) electrons. The second kappa shape index (κ2) is 7.54. The van der Waals surface area contributed by atoms with E-state index in [1.54, 1.807) is 0 Å². The molecular formula is C14H17N3O6. The van der Waals surface area contributed by atoms with E-state index in [2.05, 4.69) is 10.6 Å². The molecule has 124 valence electrons. The summed E-state index contributed by atoms with van der Waals surface area (Å²) in [5, 5.41) is 25.1. The predicted octanol–water partition coefficient (Wildman–Crippen LogP) is 0.434. The number of carbonyl (C=O) groups is 2. The van der Waals surface area contributed by atoms with Gasteiger partial charge in [-0.15, -0.1) is 0 Å². The molecule has 0 spiro atoms. The third kappa shape index (κ3) is 4.92. The molecule has 9 heteroatoms. The fourth-order valence-electron chi connectivity index (χ4n) is 1.87. The highest BCUT2D eigenvalue weighted by molar-refractivity contribution is 5.97. The van der Waals surface area contributed by atoms with Gasteiger partial charge in [0.25, 0.3) is 11.6 Å². The summed E-state index contributed by atoms with van der Waals surface area (Å²) in [4.78, 5) is 33.8. The summed E-state index contributed by atoms with van der Waals surface area (Å²) in [5.41, 5.74) is -0.0435. The first-order valence-electron chi connectivity index (χ1n) is 7.11. The summed E-state index contributed by atoms with van der Waals surface area (Å²) >= 11 is 0. The van der Waals surface area contributed by atoms with E-state index in [0.29, 0.717) is 0 Å². The van der Waals surface area contributed by atoms with Crippen LogP contribution in [-0.2, 0) is 9.53 Å². The summed E-state index contributed by atoms with van der Waals surface area (Å²) in [6.07, 6.45) is 1.83. The van der Waals surface area contributed by atoms with Crippen LogP contribution in [0.15, 0.2) is 18.2 Å². The molecule has 2 rings (SSSR count). The molecule has 1 amide bonds. The molecule has 0 unspecified atom stereocenters. The zero-order valence-corrected chi connectivity index (χ0v) is 12.3. The van der Waals surface area contributed by atoms with E-state index >= 15 is 0 Å². The number of rotatable bonds is 8. The van der Waals surface area contributed by atoms with Crippen molar-refractivity contribution in [1.82, 2.24) is 5.32 Å². The van der Waals surface area contributed by atoms with Gasteiger partial charge in [-0.3, -0.25) is 14.9 Å². The second-order valence-electron chi connectivity index (χ2n) is 5.06. The van der Waals surface area contributed by atoms with Gasteiger partial charge in [-0.05, 0) is 18.9 Å². The topological polar surface area (TPSA) is 131 Å². The minimum Gasteiger partial charge on any atom is -0.452 e. The molecule has 1 aliphatic rings. The molecule has 0 heterocycles. The number of aliphatic hydroxyl groups is 1. The van der Waals surface area contributed by atoms with Crippen molar-refractivity contribution in [2.45, 2.75) is 18.9 Å². The van der Waals surface area contributed by atoms with E-state index in [4.69, 9.17) is 9.84 Å². The highest BCUT2D eigenvalue weighted by atomic mass is 16.6. The molecule has 0 saturated heterocycles. The average molecular weight is 323 g/mol. The largest absolute Gasteiger partial charge is 0.452 e. The van der Waals surface area contributed by atoms with Crippen LogP contribution in [0.5, 0.6) is 0 Å². The second-order valence-corrected chi connectivity index (χ2v) is 5.06. The Morgan fingerprint density at radius 1 is 1.39 bits per heavy atom. The standard InChI is InChI=1S/C14H17N3O6/c18-6-5-15-12-4-3-10(17(21)22)7-11(12)14(20)23-8-13(19)16-9-1-2-9/h3-4,7,9,15,18H,1-2,5-6,8H2,(H,16,19). The van der Waals surface area contributed by atoms with E-state index < -0.39 is 23.4 Å². The Bertz CT molecular complexity index is 615. The van der Waals surface area contributed by atoms with Crippen LogP contribution in [0.1, 0.15) is 23.2 Å². The van der Waals surface area contributed by atoms with Crippen molar-refractivity contribution >= 4 is 23.3 Å². The molecule has 0 aliphatic heterocycles. The number of nitrogens with zero attached hydrogens (tertiary/aromatic N) is 1. The molecule has 0 bridgehead atoms. The van der Waals surface area contributed by atoms with Gasteiger partial charge in [0, 0.05) is 30.4 Å². The molecule has 0 atom stereocenters. The highest BCUT2D eigenvalue weighted by Crippen LogP contribution is 2.23. The van der Waals surface area contributed by atoms with E-state index in [0.717, 1.165) is 18.9 Å². The number of esters is 1. The number of nitro benzene ring substituents is 1. The van der Waals surface area contributed by atoms with E-state index in [-0.39, 0.29) is 36.1 Å². The first-order valence-corrected chi connectivity index (χ1v) is 7.11. The summed E-state index contributed by atoms with van der Waals surface area (Å²) < 4.78 is 4.90. The predicted molar refractivity (Wildman–Crippen MR) is 80.1 cm³/mol. The summed E-state index contributed by atoms with van der Waals surface area (Å²) in [7, 11) is 0. The van der Waals surface area contributed by atoms with Gasteiger partial charge in [-0.25, -0.2) is 4.79 Å². The Labute approximate surface area is 131 Å². The maximum absolute atomic E-state index is 12.1. The number of carbonyl (C=O) groups excluding carboxylic acids is 2. The van der Waals surface area contributed by atoms with Gasteiger partial charge < -0.3 is 20.5 Å². The van der Waals surface area contributed by atoms with Crippen molar-refractivity contribution in [3.8, 4) is 0 Å². The molecule has 1 fully saturated rings. The minimum atomic E-state index is -0.847. The van der Waals surface area contributed by atoms with Crippen molar-refractivity contribution in [3.05, 3.63) is 33.9 Å². The van der Waals surface area contributed by atoms with E-state index in [1.165, 1.54) is 12.1 Å². The van der Waals surface area contributed by atoms with Gasteiger partial charge in [-0.1, -0.05) is 0 Å². The fraction of sp³-hybridized carbons (Fsp3) is 0.429. The van der Waals surface area contributed by atoms with Crippen LogP contribution in [0.25, 0.3) is 0 Å². The number of benzene rings is 1. The third-order valence-corrected chi connectivity index (χ3v) is 3.14. The van der Waals surface area contributed by atoms with Crippen LogP contribution in [0.4, 0.5) is 11.4 Å². The number of hydrogen-bond acceptors (Lipinski definition) is 7. The number of amides is 1. The lowest BCUT2D eigenvalue weighted by atomic mass is 10.1. The SMILES string of the molecule is O=C(COC(=O)c1cc([N+](=O)[O-])ccc1NCCO)NC1CC1. The van der Waals surface area contributed by atoms with Crippen molar-refractivity contribution in [1.29, 1.82) is 0 Å². The Morgan fingerprint density at radius 2 is 2.13 bits per heavy atom. The molecule has 23 heavy (non-hydrogen) atoms. The lowest BCUT2D eigenvalue weighted by Crippen LogP contribution is -2.30. The Morgan fingerprint density at radius 3 is 2.74 bits per heavy atom. The number of non-ortho nitro benzene ring substituents is 1. The van der Waals surface area contributed by atoms with Crippen molar-refractivity contribution < 1.29 is 24.4 Å². The Hall–Kier alpha value is -2.68. The van der Waals surface area contributed by atoms with Crippen molar-refractivity contribution in [2.24, 2.45) is 0 Å². The van der Waals surface area contributed by atoms with Gasteiger partial charge in [-0.2, -0.15) is 0 Å². The highest BCUT2D eigenvalue weighted by Gasteiger charge is 2.24. The monoisotopic (exact) mass is 323 g/mol. The molecule has 9 nitrogen and oxygen atoms in total. The van der Waals surface area contributed by atoms with Crippen LogP contribution in [0, 0.1) is 10.1 Å². The van der Waals surface area contributed by atoms with Crippen LogP contribution in [0.3, 0.4) is 0 Å². The molecule has 3 N–H and O–H groups in total. The zero-order chi connectivity index (χ0) is 16.8. The number of ether oxygens (including phenoxy) is 1. The van der Waals surface area contributed by atoms with Crippen LogP contribution in [-0.4, -0.2) is 47.7 Å². The summed E-state index contributed by atoms with van der Waals surface area (Å²) in [6, 6.07) is 3.81. The van der Waals surface area contributed by atoms with Gasteiger partial charge in [0.15, 0.2) is 6.61 Å². The zero-order valence-electron chi connectivity index (χ0n) is 12.3. The number of nitro groups is 1. The lowest BCUT2D eigenvalue weighted by Gasteiger charge is -2.11. The normalized spacial score (nSPS) is 13.3. The quantitative estimate of drug-likeness (QED) is 0.359. The maximum atomic E-state index is 12.1. The number of aliphatic hydroxyl groups excluding tert-OH is 1. The Balaban J connectivity index is 2.06. The smallest absolute Gasteiger partial charge is 0.341 e. The fourth-order valence-corrected chi connectivity index (χ4v) is 1.87. The number of hydrogen-bond donors (Lipinski definition) is 3. The van der Waals surface area contributed by atoms with Gasteiger partial charge >= 0.3 is 5.97 Å². The molecule has 1 aliphatic carbocycles. The molecule has 0 aromatic heterocycles. The van der Waals surface area contributed by atoms with Crippen molar-refractivity contribution in [2.75, 3.05) is 25.1 Å². The van der Waals surface area contributed by atoms with Crippen LogP contribution in [0.2, 0.25) is 0 Å². The third-order valence-electron chi connectivity index (χ3n) is 3.14. The minimum absolute atomic E-state index is 0.0631.